The van der Waals surface area contributed by atoms with Crippen LogP contribution in [0.1, 0.15) is 6.42 Å². The number of hydrogen-bond donors (Lipinski definition) is 1. The highest BCUT2D eigenvalue weighted by atomic mass is 16.7. The molecule has 1 atom stereocenters. The zero-order valence-corrected chi connectivity index (χ0v) is 10.8. The number of nitrogens with one attached hydrogen (secondary N) is 1. The lowest BCUT2D eigenvalue weighted by Crippen LogP contribution is -2.26. The summed E-state index contributed by atoms with van der Waals surface area (Å²) in [4.78, 5) is 0. The second-order valence-corrected chi connectivity index (χ2v) is 3.66. The van der Waals surface area contributed by atoms with E-state index in [4.69, 9.17) is 19.5 Å². The number of nitrogens with zero attached hydrogens (tertiary/aromatic N) is 1. The van der Waals surface area contributed by atoms with E-state index in [1.54, 1.807) is 21.3 Å². The predicted octanol–water partition coefficient (Wildman–Crippen LogP) is 2.01. The molecule has 1 aromatic rings. The van der Waals surface area contributed by atoms with E-state index in [1.807, 2.05) is 24.3 Å². The van der Waals surface area contributed by atoms with Gasteiger partial charge in [0.25, 0.3) is 0 Å². The molecule has 0 spiro atoms. The van der Waals surface area contributed by atoms with Crippen LogP contribution < -0.4 is 10.1 Å². The van der Waals surface area contributed by atoms with Crippen LogP contribution in [0.25, 0.3) is 0 Å². The van der Waals surface area contributed by atoms with Crippen molar-refractivity contribution in [3.05, 3.63) is 24.3 Å². The highest BCUT2D eigenvalue weighted by Gasteiger charge is 2.16. The lowest BCUT2D eigenvalue weighted by Gasteiger charge is -2.19. The van der Waals surface area contributed by atoms with Crippen LogP contribution in [-0.4, -0.2) is 33.7 Å². The van der Waals surface area contributed by atoms with Crippen LogP contribution in [0, 0.1) is 11.3 Å². The minimum Gasteiger partial charge on any atom is -0.495 e. The number of ether oxygens (including phenoxy) is 3. The van der Waals surface area contributed by atoms with Crippen LogP contribution in [0.15, 0.2) is 24.3 Å². The van der Waals surface area contributed by atoms with Gasteiger partial charge in [0.05, 0.1) is 18.9 Å². The Bertz CT molecular complexity index is 399. The summed E-state index contributed by atoms with van der Waals surface area (Å²) >= 11 is 0. The van der Waals surface area contributed by atoms with Crippen molar-refractivity contribution in [3.63, 3.8) is 0 Å². The van der Waals surface area contributed by atoms with Gasteiger partial charge in [-0.3, -0.25) is 0 Å². The number of methoxy groups -OCH3 is 3. The molecule has 0 bridgehead atoms. The Balaban J connectivity index is 2.71. The van der Waals surface area contributed by atoms with Gasteiger partial charge in [0.1, 0.15) is 11.8 Å². The first kappa shape index (κ1) is 14.3. The first-order valence-corrected chi connectivity index (χ1v) is 5.60. The molecule has 0 saturated heterocycles. The van der Waals surface area contributed by atoms with Crippen molar-refractivity contribution in [2.75, 3.05) is 26.6 Å². The summed E-state index contributed by atoms with van der Waals surface area (Å²) in [6.45, 7) is 0. The Hall–Kier alpha value is -1.77. The number of anilines is 1. The Morgan fingerprint density at radius 3 is 2.44 bits per heavy atom. The van der Waals surface area contributed by atoms with E-state index in [1.165, 1.54) is 0 Å². The Labute approximate surface area is 107 Å². The lowest BCUT2D eigenvalue weighted by atomic mass is 10.2. The third-order valence-electron chi connectivity index (χ3n) is 2.55. The van der Waals surface area contributed by atoms with Gasteiger partial charge < -0.3 is 19.5 Å². The van der Waals surface area contributed by atoms with Gasteiger partial charge in [0.2, 0.25) is 0 Å². The summed E-state index contributed by atoms with van der Waals surface area (Å²) in [6, 6.07) is 9.21. The molecule has 0 fully saturated rings. The summed E-state index contributed by atoms with van der Waals surface area (Å²) < 4.78 is 15.4. The van der Waals surface area contributed by atoms with Crippen molar-refractivity contribution in [2.24, 2.45) is 0 Å². The van der Waals surface area contributed by atoms with Crippen LogP contribution in [0.3, 0.4) is 0 Å². The molecule has 0 aliphatic carbocycles. The maximum Gasteiger partial charge on any atom is 0.159 e. The summed E-state index contributed by atoms with van der Waals surface area (Å²) in [5.74, 6) is 0.698. The third-order valence-corrected chi connectivity index (χ3v) is 2.55. The Morgan fingerprint density at radius 2 is 1.89 bits per heavy atom. The van der Waals surface area contributed by atoms with Gasteiger partial charge in [0, 0.05) is 20.6 Å². The normalized spacial score (nSPS) is 11.9. The summed E-state index contributed by atoms with van der Waals surface area (Å²) in [5, 5.41) is 12.2. The molecule has 0 saturated carbocycles. The maximum atomic E-state index is 9.13. The molecule has 1 aromatic carbocycles. The van der Waals surface area contributed by atoms with Crippen molar-refractivity contribution in [1.82, 2.24) is 0 Å². The molecular formula is C13H18N2O3. The lowest BCUT2D eigenvalue weighted by molar-refractivity contribution is -0.106. The molecule has 0 aromatic heterocycles. The number of benzene rings is 1. The number of para-hydroxylation sites is 2. The van der Waals surface area contributed by atoms with Gasteiger partial charge in [-0.1, -0.05) is 12.1 Å². The standard InChI is InChI=1S/C13H18N2O3/c1-16-12-7-5-4-6-11(12)15-10(9-14)8-13(17-2)18-3/h4-7,10,13,15H,8H2,1-3H3. The van der Waals surface area contributed by atoms with Crippen molar-refractivity contribution >= 4 is 5.69 Å². The van der Waals surface area contributed by atoms with E-state index >= 15 is 0 Å². The first-order chi connectivity index (χ1) is 8.74. The molecule has 0 aliphatic heterocycles. The first-order valence-electron chi connectivity index (χ1n) is 5.60. The number of hydrogen-bond acceptors (Lipinski definition) is 5. The predicted molar refractivity (Wildman–Crippen MR) is 68.4 cm³/mol. The molecule has 0 aliphatic rings. The monoisotopic (exact) mass is 250 g/mol. The van der Waals surface area contributed by atoms with Crippen LogP contribution in [-0.2, 0) is 9.47 Å². The van der Waals surface area contributed by atoms with Crippen LogP contribution in [0.5, 0.6) is 5.75 Å². The fourth-order valence-electron chi connectivity index (χ4n) is 1.58. The summed E-state index contributed by atoms with van der Waals surface area (Å²) in [7, 11) is 4.69. The topological polar surface area (TPSA) is 63.5 Å². The fourth-order valence-corrected chi connectivity index (χ4v) is 1.58. The van der Waals surface area contributed by atoms with Gasteiger partial charge in [-0.05, 0) is 12.1 Å². The molecular weight excluding hydrogens is 232 g/mol. The van der Waals surface area contributed by atoms with E-state index in [9.17, 15) is 0 Å². The number of nitriles is 1. The summed E-state index contributed by atoms with van der Waals surface area (Å²) in [5.41, 5.74) is 0.775. The van der Waals surface area contributed by atoms with Gasteiger partial charge >= 0.3 is 0 Å². The molecule has 0 amide bonds. The molecule has 1 N–H and O–H groups in total. The smallest absolute Gasteiger partial charge is 0.159 e. The van der Waals surface area contributed by atoms with Crippen molar-refractivity contribution in [1.29, 1.82) is 5.26 Å². The zero-order chi connectivity index (χ0) is 13.4. The van der Waals surface area contributed by atoms with Gasteiger partial charge in [-0.15, -0.1) is 0 Å². The molecule has 5 heteroatoms. The fraction of sp³-hybridized carbons (Fsp3) is 0.462. The molecule has 1 rings (SSSR count). The Kier molecular flexibility index (Phi) is 5.98. The van der Waals surface area contributed by atoms with E-state index in [0.717, 1.165) is 5.69 Å². The Morgan fingerprint density at radius 1 is 1.22 bits per heavy atom. The third kappa shape index (κ3) is 3.91. The largest absolute Gasteiger partial charge is 0.495 e. The minimum atomic E-state index is -0.411. The van der Waals surface area contributed by atoms with Gasteiger partial charge in [-0.2, -0.15) is 5.26 Å². The molecule has 98 valence electrons. The quantitative estimate of drug-likeness (QED) is 0.750. The number of rotatable bonds is 7. The second kappa shape index (κ2) is 7.54. The van der Waals surface area contributed by atoms with E-state index < -0.39 is 12.3 Å². The average molecular weight is 250 g/mol. The SMILES string of the molecule is COc1ccccc1NC(C#N)CC(OC)OC. The van der Waals surface area contributed by atoms with E-state index in [0.29, 0.717) is 12.2 Å². The van der Waals surface area contributed by atoms with Crippen molar-refractivity contribution in [2.45, 2.75) is 18.8 Å². The van der Waals surface area contributed by atoms with Crippen LogP contribution in [0.2, 0.25) is 0 Å². The van der Waals surface area contributed by atoms with Gasteiger partial charge in [0.15, 0.2) is 6.29 Å². The minimum absolute atomic E-state index is 0.406. The molecule has 0 radical (unpaired) electrons. The van der Waals surface area contributed by atoms with Crippen LogP contribution in [0.4, 0.5) is 5.69 Å². The maximum absolute atomic E-state index is 9.13. The highest BCUT2D eigenvalue weighted by molar-refractivity contribution is 5.57. The van der Waals surface area contributed by atoms with Gasteiger partial charge in [-0.25, -0.2) is 0 Å². The zero-order valence-electron chi connectivity index (χ0n) is 10.8. The van der Waals surface area contributed by atoms with Crippen LogP contribution >= 0.6 is 0 Å². The van der Waals surface area contributed by atoms with Crippen molar-refractivity contribution < 1.29 is 14.2 Å². The molecule has 1 unspecified atom stereocenters. The molecule has 0 heterocycles. The highest BCUT2D eigenvalue weighted by Crippen LogP contribution is 2.24. The van der Waals surface area contributed by atoms with Crippen molar-refractivity contribution in [3.8, 4) is 11.8 Å². The molecule has 18 heavy (non-hydrogen) atoms. The average Bonchev–Trinajstić information content (AvgIpc) is 2.43. The van der Waals surface area contributed by atoms with E-state index in [-0.39, 0.29) is 0 Å². The second-order valence-electron chi connectivity index (χ2n) is 3.66. The van der Waals surface area contributed by atoms with E-state index in [2.05, 4.69) is 11.4 Å². The molecule has 5 nitrogen and oxygen atoms in total. The summed E-state index contributed by atoms with van der Waals surface area (Å²) in [6.07, 6.45) is 0.0264.